The van der Waals surface area contributed by atoms with E-state index in [1.807, 2.05) is 6.92 Å². The lowest BCUT2D eigenvalue weighted by molar-refractivity contribution is -0.111. The Morgan fingerprint density at radius 1 is 1.50 bits per heavy atom. The van der Waals surface area contributed by atoms with Crippen molar-refractivity contribution < 1.29 is 9.53 Å². The van der Waals surface area contributed by atoms with Crippen LogP contribution in [-0.4, -0.2) is 12.5 Å². The van der Waals surface area contributed by atoms with E-state index in [1.54, 1.807) is 24.3 Å². The number of nitrogens with one attached hydrogen (secondary N) is 1. The molecule has 0 saturated heterocycles. The fourth-order valence-electron chi connectivity index (χ4n) is 0.960. The Bertz CT molecular complexity index is 351. The molecule has 0 saturated carbocycles. The van der Waals surface area contributed by atoms with Gasteiger partial charge in [-0.1, -0.05) is 0 Å². The second-order valence-corrected chi connectivity index (χ2v) is 2.52. The zero-order valence-corrected chi connectivity index (χ0v) is 7.78. The number of nitriles is 1. The first-order valence-corrected chi connectivity index (χ1v) is 4.20. The first-order valence-electron chi connectivity index (χ1n) is 4.20. The van der Waals surface area contributed by atoms with Crippen LogP contribution >= 0.6 is 0 Å². The minimum absolute atomic E-state index is 0.583. The summed E-state index contributed by atoms with van der Waals surface area (Å²) in [6.45, 7) is 2.50. The highest BCUT2D eigenvalue weighted by atomic mass is 16.5. The van der Waals surface area contributed by atoms with Gasteiger partial charge in [0.05, 0.1) is 6.61 Å². The predicted octanol–water partition coefficient (Wildman–Crippen LogP) is 1.55. The number of nitrogens with zero attached hydrogens (tertiary/aromatic N) is 1. The lowest BCUT2D eigenvalue weighted by Gasteiger charge is -2.04. The minimum Gasteiger partial charge on any atom is -0.494 e. The number of carbonyl (C=O) groups excluding carboxylic acids is 1. The standard InChI is InChI=1S/C10H10N2O2/c1-2-14-9-5-3-8(4-6-9)12-10(13)7-11/h3-6H,2H2,1H3,(H,12,13). The number of anilines is 1. The Labute approximate surface area is 82.1 Å². The monoisotopic (exact) mass is 190 g/mol. The van der Waals surface area contributed by atoms with E-state index in [9.17, 15) is 4.79 Å². The molecule has 0 unspecified atom stereocenters. The summed E-state index contributed by atoms with van der Waals surface area (Å²) in [7, 11) is 0. The molecule has 0 aromatic heterocycles. The highest BCUT2D eigenvalue weighted by Crippen LogP contribution is 2.15. The third kappa shape index (κ3) is 2.79. The van der Waals surface area contributed by atoms with Gasteiger partial charge in [0.15, 0.2) is 6.07 Å². The summed E-state index contributed by atoms with van der Waals surface area (Å²) in [6, 6.07) is 8.30. The first-order chi connectivity index (χ1) is 6.76. The van der Waals surface area contributed by atoms with E-state index < -0.39 is 5.91 Å². The average molecular weight is 190 g/mol. The van der Waals surface area contributed by atoms with Crippen LogP contribution in [0.25, 0.3) is 0 Å². The smallest absolute Gasteiger partial charge is 0.326 e. The highest BCUT2D eigenvalue weighted by Gasteiger charge is 1.99. The summed E-state index contributed by atoms with van der Waals surface area (Å²) in [5, 5.41) is 10.7. The summed E-state index contributed by atoms with van der Waals surface area (Å²) in [6.07, 6.45) is 0. The van der Waals surface area contributed by atoms with Crippen molar-refractivity contribution in [1.29, 1.82) is 5.26 Å². The molecular weight excluding hydrogens is 180 g/mol. The van der Waals surface area contributed by atoms with Gasteiger partial charge < -0.3 is 10.1 Å². The second kappa shape index (κ2) is 4.87. The van der Waals surface area contributed by atoms with E-state index >= 15 is 0 Å². The maximum atomic E-state index is 10.7. The maximum absolute atomic E-state index is 10.7. The van der Waals surface area contributed by atoms with E-state index in [1.165, 1.54) is 6.07 Å². The van der Waals surface area contributed by atoms with Gasteiger partial charge in [0.1, 0.15) is 5.75 Å². The first kappa shape index (κ1) is 10.1. The number of carbonyl (C=O) groups is 1. The molecule has 1 rings (SSSR count). The number of benzene rings is 1. The van der Waals surface area contributed by atoms with Gasteiger partial charge in [-0.3, -0.25) is 4.79 Å². The Morgan fingerprint density at radius 2 is 2.14 bits per heavy atom. The molecule has 0 bridgehead atoms. The summed E-state index contributed by atoms with van der Waals surface area (Å²) in [5.74, 6) is 0.0663. The van der Waals surface area contributed by atoms with Gasteiger partial charge in [-0.05, 0) is 31.2 Å². The van der Waals surface area contributed by atoms with Crippen molar-refractivity contribution in [2.24, 2.45) is 0 Å². The highest BCUT2D eigenvalue weighted by molar-refractivity contribution is 6.02. The summed E-state index contributed by atoms with van der Waals surface area (Å²) >= 11 is 0. The zero-order chi connectivity index (χ0) is 10.4. The minimum atomic E-state index is -0.672. The van der Waals surface area contributed by atoms with E-state index in [4.69, 9.17) is 10.00 Å². The molecule has 0 spiro atoms. The normalized spacial score (nSPS) is 8.86. The molecular formula is C10H10N2O2. The van der Waals surface area contributed by atoms with Crippen molar-refractivity contribution in [2.75, 3.05) is 11.9 Å². The molecule has 1 aromatic carbocycles. The third-order valence-corrected chi connectivity index (χ3v) is 1.52. The van der Waals surface area contributed by atoms with Gasteiger partial charge in [0, 0.05) is 5.69 Å². The molecule has 0 aliphatic carbocycles. The van der Waals surface area contributed by atoms with Crippen molar-refractivity contribution in [3.05, 3.63) is 24.3 Å². The van der Waals surface area contributed by atoms with Crippen molar-refractivity contribution in [2.45, 2.75) is 6.92 Å². The van der Waals surface area contributed by atoms with Gasteiger partial charge >= 0.3 is 5.91 Å². The van der Waals surface area contributed by atoms with Crippen LogP contribution in [0.2, 0.25) is 0 Å². The predicted molar refractivity (Wildman–Crippen MR) is 51.9 cm³/mol. The summed E-state index contributed by atoms with van der Waals surface area (Å²) in [4.78, 5) is 10.7. The maximum Gasteiger partial charge on any atom is 0.326 e. The summed E-state index contributed by atoms with van der Waals surface area (Å²) in [5.41, 5.74) is 0.583. The number of rotatable bonds is 3. The van der Waals surface area contributed by atoms with Gasteiger partial charge in [-0.15, -0.1) is 0 Å². The molecule has 0 radical (unpaired) electrons. The Kier molecular flexibility index (Phi) is 3.50. The molecule has 4 heteroatoms. The lowest BCUT2D eigenvalue weighted by Crippen LogP contribution is -2.07. The second-order valence-electron chi connectivity index (χ2n) is 2.52. The van der Waals surface area contributed by atoms with E-state index in [-0.39, 0.29) is 0 Å². The lowest BCUT2D eigenvalue weighted by atomic mass is 10.3. The van der Waals surface area contributed by atoms with Crippen LogP contribution in [0.15, 0.2) is 24.3 Å². The van der Waals surface area contributed by atoms with Gasteiger partial charge in [-0.25, -0.2) is 0 Å². The molecule has 72 valence electrons. The third-order valence-electron chi connectivity index (χ3n) is 1.52. The molecule has 1 aromatic rings. The van der Waals surface area contributed by atoms with Crippen molar-refractivity contribution in [1.82, 2.24) is 0 Å². The van der Waals surface area contributed by atoms with Crippen molar-refractivity contribution in [3.63, 3.8) is 0 Å². The van der Waals surface area contributed by atoms with Gasteiger partial charge in [-0.2, -0.15) is 5.26 Å². The number of ether oxygens (including phenoxy) is 1. The van der Waals surface area contributed by atoms with Crippen molar-refractivity contribution in [3.8, 4) is 11.8 Å². The van der Waals surface area contributed by atoms with Gasteiger partial charge in [0.2, 0.25) is 0 Å². The van der Waals surface area contributed by atoms with E-state index in [0.717, 1.165) is 5.75 Å². The van der Waals surface area contributed by atoms with Crippen LogP contribution in [0, 0.1) is 11.3 Å². The SMILES string of the molecule is CCOc1ccc(NC(=O)C#N)cc1. The van der Waals surface area contributed by atoms with Crippen LogP contribution < -0.4 is 10.1 Å². The fourth-order valence-corrected chi connectivity index (χ4v) is 0.960. The Hall–Kier alpha value is -2.02. The largest absolute Gasteiger partial charge is 0.494 e. The quantitative estimate of drug-likeness (QED) is 0.735. The summed E-state index contributed by atoms with van der Waals surface area (Å²) < 4.78 is 5.21. The van der Waals surface area contributed by atoms with Gasteiger partial charge in [0.25, 0.3) is 0 Å². The van der Waals surface area contributed by atoms with Crippen LogP contribution in [0.4, 0.5) is 5.69 Å². The van der Waals surface area contributed by atoms with Crippen molar-refractivity contribution >= 4 is 11.6 Å². The molecule has 0 fully saturated rings. The molecule has 1 N–H and O–H groups in total. The fraction of sp³-hybridized carbons (Fsp3) is 0.200. The molecule has 0 aliphatic heterocycles. The molecule has 0 heterocycles. The Morgan fingerprint density at radius 3 is 2.64 bits per heavy atom. The molecule has 0 atom stereocenters. The van der Waals surface area contributed by atoms with Crippen LogP contribution in [0.1, 0.15) is 6.92 Å². The molecule has 4 nitrogen and oxygen atoms in total. The van der Waals surface area contributed by atoms with Crippen LogP contribution in [-0.2, 0) is 4.79 Å². The van der Waals surface area contributed by atoms with Crippen LogP contribution in [0.3, 0.4) is 0 Å². The Balaban J connectivity index is 2.65. The number of hydrogen-bond donors (Lipinski definition) is 1. The topological polar surface area (TPSA) is 62.1 Å². The molecule has 14 heavy (non-hydrogen) atoms. The van der Waals surface area contributed by atoms with E-state index in [2.05, 4.69) is 5.32 Å². The molecule has 1 amide bonds. The molecule has 0 aliphatic rings. The zero-order valence-electron chi connectivity index (χ0n) is 7.78. The average Bonchev–Trinajstić information content (AvgIpc) is 2.21. The van der Waals surface area contributed by atoms with Crippen LogP contribution in [0.5, 0.6) is 5.75 Å². The van der Waals surface area contributed by atoms with E-state index in [0.29, 0.717) is 12.3 Å². The number of amides is 1. The number of hydrogen-bond acceptors (Lipinski definition) is 3.